The van der Waals surface area contributed by atoms with E-state index in [4.69, 9.17) is 9.84 Å². The third-order valence-corrected chi connectivity index (χ3v) is 3.88. The van der Waals surface area contributed by atoms with Crippen molar-refractivity contribution in [1.29, 1.82) is 0 Å². The SMILES string of the molecule is CCCC(CCO)CN=C(NCC)NCCC1=CCOCC1. The minimum Gasteiger partial charge on any atom is -0.396 e. The molecule has 0 aromatic rings. The molecule has 0 aromatic carbocycles. The molecule has 22 heavy (non-hydrogen) atoms. The summed E-state index contributed by atoms with van der Waals surface area (Å²) in [5.74, 6) is 1.36. The van der Waals surface area contributed by atoms with E-state index in [0.29, 0.717) is 5.92 Å². The van der Waals surface area contributed by atoms with Crippen LogP contribution in [0.1, 0.15) is 46.0 Å². The topological polar surface area (TPSA) is 65.9 Å². The van der Waals surface area contributed by atoms with Crippen LogP contribution in [0.4, 0.5) is 0 Å². The van der Waals surface area contributed by atoms with Gasteiger partial charge in [0.2, 0.25) is 0 Å². The maximum absolute atomic E-state index is 9.12. The molecule has 0 aliphatic carbocycles. The smallest absolute Gasteiger partial charge is 0.191 e. The number of rotatable bonds is 10. The molecule has 1 aliphatic rings. The number of hydrogen-bond acceptors (Lipinski definition) is 3. The van der Waals surface area contributed by atoms with Crippen molar-refractivity contribution in [3.8, 4) is 0 Å². The van der Waals surface area contributed by atoms with E-state index in [9.17, 15) is 0 Å². The second kappa shape index (κ2) is 12.5. The third-order valence-electron chi connectivity index (χ3n) is 3.88. The summed E-state index contributed by atoms with van der Waals surface area (Å²) >= 11 is 0. The van der Waals surface area contributed by atoms with Crippen LogP contribution in [0.2, 0.25) is 0 Å². The van der Waals surface area contributed by atoms with Gasteiger partial charge in [-0.1, -0.05) is 25.0 Å². The summed E-state index contributed by atoms with van der Waals surface area (Å²) in [5, 5.41) is 15.8. The molecule has 0 aromatic heterocycles. The van der Waals surface area contributed by atoms with Gasteiger partial charge >= 0.3 is 0 Å². The van der Waals surface area contributed by atoms with Crippen LogP contribution >= 0.6 is 0 Å². The zero-order valence-electron chi connectivity index (χ0n) is 14.2. The number of hydrogen-bond donors (Lipinski definition) is 3. The van der Waals surface area contributed by atoms with E-state index in [1.807, 2.05) is 0 Å². The van der Waals surface area contributed by atoms with Gasteiger partial charge in [-0.05, 0) is 38.5 Å². The Morgan fingerprint density at radius 2 is 2.23 bits per heavy atom. The summed E-state index contributed by atoms with van der Waals surface area (Å²) in [4.78, 5) is 4.67. The first-order valence-electron chi connectivity index (χ1n) is 8.68. The Kier molecular flexibility index (Phi) is 10.8. The Balaban J connectivity index is 2.38. The molecule has 0 amide bonds. The van der Waals surface area contributed by atoms with Gasteiger partial charge in [0, 0.05) is 26.2 Å². The summed E-state index contributed by atoms with van der Waals surface area (Å²) in [6, 6.07) is 0. The highest BCUT2D eigenvalue weighted by atomic mass is 16.5. The molecule has 1 unspecified atom stereocenters. The summed E-state index contributed by atoms with van der Waals surface area (Å²) in [6.45, 7) is 8.65. The zero-order valence-corrected chi connectivity index (χ0v) is 14.2. The lowest BCUT2D eigenvalue weighted by molar-refractivity contribution is 0.153. The van der Waals surface area contributed by atoms with E-state index in [1.54, 1.807) is 0 Å². The first kappa shape index (κ1) is 19.0. The molecule has 0 fully saturated rings. The van der Waals surface area contributed by atoms with Crippen molar-refractivity contribution in [3.63, 3.8) is 0 Å². The van der Waals surface area contributed by atoms with Crippen molar-refractivity contribution < 1.29 is 9.84 Å². The average Bonchev–Trinajstić information content (AvgIpc) is 2.54. The number of aliphatic hydroxyl groups excluding tert-OH is 1. The Morgan fingerprint density at radius 1 is 1.36 bits per heavy atom. The van der Waals surface area contributed by atoms with Gasteiger partial charge in [-0.3, -0.25) is 4.99 Å². The van der Waals surface area contributed by atoms with Gasteiger partial charge in [0.05, 0.1) is 13.2 Å². The largest absolute Gasteiger partial charge is 0.396 e. The molecule has 0 saturated heterocycles. The first-order chi connectivity index (χ1) is 10.8. The van der Waals surface area contributed by atoms with Gasteiger partial charge in [-0.15, -0.1) is 0 Å². The van der Waals surface area contributed by atoms with Crippen molar-refractivity contribution in [2.45, 2.75) is 46.0 Å². The second-order valence-corrected chi connectivity index (χ2v) is 5.75. The second-order valence-electron chi connectivity index (χ2n) is 5.75. The van der Waals surface area contributed by atoms with E-state index in [2.05, 4.69) is 35.5 Å². The minimum absolute atomic E-state index is 0.250. The first-order valence-corrected chi connectivity index (χ1v) is 8.68. The van der Waals surface area contributed by atoms with Crippen molar-refractivity contribution in [1.82, 2.24) is 10.6 Å². The molecule has 0 radical (unpaired) electrons. The lowest BCUT2D eigenvalue weighted by Crippen LogP contribution is -2.38. The quantitative estimate of drug-likeness (QED) is 0.328. The number of nitrogens with zero attached hydrogens (tertiary/aromatic N) is 1. The average molecular weight is 311 g/mol. The van der Waals surface area contributed by atoms with Crippen molar-refractivity contribution in [2.24, 2.45) is 10.9 Å². The van der Waals surface area contributed by atoms with Crippen molar-refractivity contribution in [2.75, 3.05) is 39.5 Å². The number of aliphatic hydroxyl groups is 1. The molecule has 1 rings (SSSR count). The third kappa shape index (κ3) is 8.39. The Labute approximate surface area is 135 Å². The van der Waals surface area contributed by atoms with Crippen LogP contribution in [-0.2, 0) is 4.74 Å². The van der Waals surface area contributed by atoms with E-state index in [-0.39, 0.29) is 6.61 Å². The van der Waals surface area contributed by atoms with Gasteiger partial charge in [0.25, 0.3) is 0 Å². The monoisotopic (exact) mass is 311 g/mol. The zero-order chi connectivity index (χ0) is 16.0. The summed E-state index contributed by atoms with van der Waals surface area (Å²) in [5.41, 5.74) is 1.47. The van der Waals surface area contributed by atoms with E-state index in [1.165, 1.54) is 5.57 Å². The van der Waals surface area contributed by atoms with E-state index < -0.39 is 0 Å². The molecular formula is C17H33N3O2. The lowest BCUT2D eigenvalue weighted by atomic mass is 10.0. The standard InChI is InChI=1S/C17H33N3O2/c1-3-5-16(7-11-21)14-20-17(18-4-2)19-10-6-15-8-12-22-13-9-15/h8,16,21H,3-7,9-14H2,1-2H3,(H2,18,19,20). The number of aliphatic imine (C=N–C) groups is 1. The van der Waals surface area contributed by atoms with Gasteiger partial charge in [0.15, 0.2) is 5.96 Å². The highest BCUT2D eigenvalue weighted by Gasteiger charge is 2.08. The van der Waals surface area contributed by atoms with Crippen LogP contribution in [0.25, 0.3) is 0 Å². The molecule has 5 nitrogen and oxygen atoms in total. The van der Waals surface area contributed by atoms with Crippen LogP contribution in [-0.4, -0.2) is 50.5 Å². The predicted molar refractivity (Wildman–Crippen MR) is 92.2 cm³/mol. The number of guanidine groups is 1. The maximum Gasteiger partial charge on any atom is 0.191 e. The fraction of sp³-hybridized carbons (Fsp3) is 0.824. The summed E-state index contributed by atoms with van der Waals surface area (Å²) < 4.78 is 5.32. The summed E-state index contributed by atoms with van der Waals surface area (Å²) in [6.07, 6.45) is 7.38. The van der Waals surface area contributed by atoms with E-state index >= 15 is 0 Å². The van der Waals surface area contributed by atoms with Crippen LogP contribution in [0.15, 0.2) is 16.6 Å². The Bertz CT molecular complexity index is 337. The van der Waals surface area contributed by atoms with Crippen molar-refractivity contribution >= 4 is 5.96 Å². The van der Waals surface area contributed by atoms with Gasteiger partial charge in [-0.2, -0.15) is 0 Å². The van der Waals surface area contributed by atoms with Crippen molar-refractivity contribution in [3.05, 3.63) is 11.6 Å². The molecule has 5 heteroatoms. The molecule has 1 aliphatic heterocycles. The number of nitrogens with one attached hydrogen (secondary N) is 2. The van der Waals surface area contributed by atoms with Gasteiger partial charge in [-0.25, -0.2) is 0 Å². The molecule has 0 spiro atoms. The molecule has 3 N–H and O–H groups in total. The molecule has 1 atom stereocenters. The molecular weight excluding hydrogens is 278 g/mol. The van der Waals surface area contributed by atoms with Crippen LogP contribution in [0, 0.1) is 5.92 Å². The Hall–Kier alpha value is -1.07. The normalized spacial score (nSPS) is 17.0. The van der Waals surface area contributed by atoms with Gasteiger partial charge in [0.1, 0.15) is 0 Å². The Morgan fingerprint density at radius 3 is 2.86 bits per heavy atom. The number of ether oxygens (including phenoxy) is 1. The van der Waals surface area contributed by atoms with E-state index in [0.717, 1.165) is 70.9 Å². The molecule has 1 heterocycles. The highest BCUT2D eigenvalue weighted by Crippen LogP contribution is 2.12. The predicted octanol–water partition coefficient (Wildman–Crippen LogP) is 2.08. The fourth-order valence-electron chi connectivity index (χ4n) is 2.61. The molecule has 0 saturated carbocycles. The van der Waals surface area contributed by atoms with Crippen LogP contribution < -0.4 is 10.6 Å². The highest BCUT2D eigenvalue weighted by molar-refractivity contribution is 5.79. The lowest BCUT2D eigenvalue weighted by Gasteiger charge is -2.17. The fourth-order valence-corrected chi connectivity index (χ4v) is 2.61. The van der Waals surface area contributed by atoms with Gasteiger partial charge < -0.3 is 20.5 Å². The molecule has 0 bridgehead atoms. The maximum atomic E-state index is 9.12. The molecule has 128 valence electrons. The summed E-state index contributed by atoms with van der Waals surface area (Å²) in [7, 11) is 0. The minimum atomic E-state index is 0.250. The van der Waals surface area contributed by atoms with Crippen LogP contribution in [0.3, 0.4) is 0 Å². The van der Waals surface area contributed by atoms with Crippen LogP contribution in [0.5, 0.6) is 0 Å².